The Kier molecular flexibility index (Phi) is 2.85. The Morgan fingerprint density at radius 1 is 1.11 bits per heavy atom. The summed E-state index contributed by atoms with van der Waals surface area (Å²) in [7, 11) is -5.74. The Bertz CT molecular complexity index is 591. The topological polar surface area (TPSA) is 61.8 Å². The minimum atomic E-state index is -5.74. The first kappa shape index (κ1) is 12.6. The highest BCUT2D eigenvalue weighted by Crippen LogP contribution is 2.41. The standard InChI is InChI=1S/C9H5F3O5S/c10-9(11,12)18(13,14)17-7-3-1-2-6-8(7)16-5-4-15-6/h1-5H. The van der Waals surface area contributed by atoms with Crippen LogP contribution < -0.4 is 13.7 Å². The number of hydrogen-bond acceptors (Lipinski definition) is 5. The Balaban J connectivity index is 2.38. The van der Waals surface area contributed by atoms with Gasteiger partial charge in [0.25, 0.3) is 0 Å². The second-order valence-electron chi connectivity index (χ2n) is 3.07. The summed E-state index contributed by atoms with van der Waals surface area (Å²) in [6, 6.07) is 3.67. The van der Waals surface area contributed by atoms with Gasteiger partial charge in [-0.15, -0.1) is 0 Å². The number of benzene rings is 1. The lowest BCUT2D eigenvalue weighted by Gasteiger charge is -2.16. The number of hydrogen-bond donors (Lipinski definition) is 0. The molecule has 18 heavy (non-hydrogen) atoms. The number of ether oxygens (including phenoxy) is 2. The van der Waals surface area contributed by atoms with Crippen LogP contribution in [0, 0.1) is 0 Å². The molecule has 0 fully saturated rings. The van der Waals surface area contributed by atoms with Crippen LogP contribution >= 0.6 is 0 Å². The molecule has 98 valence electrons. The molecule has 0 radical (unpaired) electrons. The highest BCUT2D eigenvalue weighted by molar-refractivity contribution is 7.88. The molecule has 0 amide bonds. The average molecular weight is 282 g/mol. The third-order valence-corrected chi connectivity index (χ3v) is 2.83. The largest absolute Gasteiger partial charge is 0.534 e. The molecule has 0 bridgehead atoms. The van der Waals surface area contributed by atoms with Crippen molar-refractivity contribution in [3.8, 4) is 17.2 Å². The second kappa shape index (κ2) is 4.09. The zero-order valence-electron chi connectivity index (χ0n) is 8.47. The lowest BCUT2D eigenvalue weighted by atomic mass is 10.3. The van der Waals surface area contributed by atoms with Crippen molar-refractivity contribution in [2.45, 2.75) is 5.51 Å². The third kappa shape index (κ3) is 2.21. The van der Waals surface area contributed by atoms with Gasteiger partial charge in [-0.05, 0) is 12.1 Å². The van der Waals surface area contributed by atoms with E-state index in [2.05, 4.69) is 4.18 Å². The predicted molar refractivity (Wildman–Crippen MR) is 52.4 cm³/mol. The second-order valence-corrected chi connectivity index (χ2v) is 4.61. The molecular weight excluding hydrogens is 277 g/mol. The summed E-state index contributed by atoms with van der Waals surface area (Å²) < 4.78 is 71.9. The van der Waals surface area contributed by atoms with Crippen LogP contribution in [-0.2, 0) is 10.1 Å². The Hall–Kier alpha value is -1.90. The number of alkyl halides is 3. The van der Waals surface area contributed by atoms with Gasteiger partial charge in [0, 0.05) is 0 Å². The van der Waals surface area contributed by atoms with Gasteiger partial charge in [-0.1, -0.05) is 6.07 Å². The van der Waals surface area contributed by atoms with Crippen molar-refractivity contribution in [1.82, 2.24) is 0 Å². The van der Waals surface area contributed by atoms with Crippen molar-refractivity contribution in [2.75, 3.05) is 0 Å². The summed E-state index contributed by atoms with van der Waals surface area (Å²) in [5, 5.41) is 0. The minimum Gasteiger partial charge on any atom is -0.458 e. The summed E-state index contributed by atoms with van der Waals surface area (Å²) in [5.74, 6) is -0.797. The SMILES string of the molecule is O=S(=O)(Oc1cccc2c1OC=CO2)C(F)(F)F. The first-order chi connectivity index (χ1) is 8.31. The molecule has 0 aliphatic carbocycles. The number of halogens is 3. The average Bonchev–Trinajstić information content (AvgIpc) is 2.27. The Labute approximate surface area is 99.5 Å². The normalized spacial score (nSPS) is 14.4. The summed E-state index contributed by atoms with van der Waals surface area (Å²) in [5.41, 5.74) is -5.51. The van der Waals surface area contributed by atoms with Crippen molar-refractivity contribution < 1.29 is 35.2 Å². The van der Waals surface area contributed by atoms with E-state index < -0.39 is 21.4 Å². The van der Waals surface area contributed by atoms with Gasteiger partial charge in [-0.2, -0.15) is 21.6 Å². The fraction of sp³-hybridized carbons (Fsp3) is 0.111. The summed E-state index contributed by atoms with van der Waals surface area (Å²) in [4.78, 5) is 0. The van der Waals surface area contributed by atoms with Gasteiger partial charge in [0.2, 0.25) is 5.75 Å². The minimum absolute atomic E-state index is 0.0485. The van der Waals surface area contributed by atoms with E-state index in [0.717, 1.165) is 18.6 Å². The van der Waals surface area contributed by atoms with Gasteiger partial charge in [-0.3, -0.25) is 0 Å². The van der Waals surface area contributed by atoms with Crippen molar-refractivity contribution in [3.63, 3.8) is 0 Å². The van der Waals surface area contributed by atoms with Crippen molar-refractivity contribution in [3.05, 3.63) is 30.7 Å². The Morgan fingerprint density at radius 3 is 2.44 bits per heavy atom. The molecule has 0 unspecified atom stereocenters. The van der Waals surface area contributed by atoms with E-state index in [0.29, 0.717) is 0 Å². The van der Waals surface area contributed by atoms with Crippen LogP contribution in [-0.4, -0.2) is 13.9 Å². The molecule has 1 aromatic rings. The highest BCUT2D eigenvalue weighted by Gasteiger charge is 2.49. The molecule has 0 saturated carbocycles. The first-order valence-electron chi connectivity index (χ1n) is 4.43. The van der Waals surface area contributed by atoms with Crippen LogP contribution in [0.2, 0.25) is 0 Å². The van der Waals surface area contributed by atoms with E-state index in [9.17, 15) is 21.6 Å². The third-order valence-electron chi connectivity index (χ3n) is 1.86. The fourth-order valence-corrected chi connectivity index (χ4v) is 1.59. The van der Waals surface area contributed by atoms with E-state index >= 15 is 0 Å². The molecule has 9 heteroatoms. The maximum atomic E-state index is 12.2. The molecule has 0 atom stereocenters. The smallest absolute Gasteiger partial charge is 0.458 e. The molecule has 2 rings (SSSR count). The summed E-state index contributed by atoms with van der Waals surface area (Å²) in [6.45, 7) is 0. The number of fused-ring (bicyclic) bond motifs is 1. The molecule has 0 N–H and O–H groups in total. The van der Waals surface area contributed by atoms with Crippen LogP contribution in [0.25, 0.3) is 0 Å². The van der Waals surface area contributed by atoms with Gasteiger partial charge in [0.15, 0.2) is 11.5 Å². The van der Waals surface area contributed by atoms with E-state index in [1.165, 1.54) is 12.1 Å². The molecule has 0 spiro atoms. The van der Waals surface area contributed by atoms with E-state index in [1.807, 2.05) is 0 Å². The lowest BCUT2D eigenvalue weighted by Crippen LogP contribution is -2.28. The number of para-hydroxylation sites is 1. The molecule has 1 heterocycles. The summed E-state index contributed by atoms with van der Waals surface area (Å²) >= 11 is 0. The fourth-order valence-electron chi connectivity index (χ4n) is 1.13. The highest BCUT2D eigenvalue weighted by atomic mass is 32.2. The van der Waals surface area contributed by atoms with E-state index in [4.69, 9.17) is 9.47 Å². The van der Waals surface area contributed by atoms with Gasteiger partial charge < -0.3 is 13.7 Å². The molecule has 1 aromatic carbocycles. The van der Waals surface area contributed by atoms with Crippen LogP contribution in [0.4, 0.5) is 13.2 Å². The van der Waals surface area contributed by atoms with Gasteiger partial charge >= 0.3 is 15.6 Å². The lowest BCUT2D eigenvalue weighted by molar-refractivity contribution is -0.0500. The molecule has 1 aliphatic heterocycles. The molecule has 0 aromatic heterocycles. The van der Waals surface area contributed by atoms with E-state index in [1.54, 1.807) is 0 Å². The zero-order chi connectivity index (χ0) is 13.4. The van der Waals surface area contributed by atoms with Crippen molar-refractivity contribution in [1.29, 1.82) is 0 Å². The molecule has 5 nitrogen and oxygen atoms in total. The molecular formula is C9H5F3O5S. The molecule has 1 aliphatic rings. The van der Waals surface area contributed by atoms with Crippen LogP contribution in [0.5, 0.6) is 17.2 Å². The predicted octanol–water partition coefficient (Wildman–Crippen LogP) is 2.16. The van der Waals surface area contributed by atoms with Gasteiger partial charge in [-0.25, -0.2) is 0 Å². The van der Waals surface area contributed by atoms with E-state index in [-0.39, 0.29) is 11.5 Å². The quantitative estimate of drug-likeness (QED) is 0.614. The molecule has 0 saturated heterocycles. The summed E-state index contributed by atoms with van der Waals surface area (Å²) in [6.07, 6.45) is 2.18. The van der Waals surface area contributed by atoms with Crippen LogP contribution in [0.3, 0.4) is 0 Å². The monoisotopic (exact) mass is 282 g/mol. The van der Waals surface area contributed by atoms with Crippen molar-refractivity contribution >= 4 is 10.1 Å². The van der Waals surface area contributed by atoms with Gasteiger partial charge in [0.05, 0.1) is 0 Å². The van der Waals surface area contributed by atoms with Crippen LogP contribution in [0.15, 0.2) is 30.7 Å². The number of rotatable bonds is 2. The first-order valence-corrected chi connectivity index (χ1v) is 5.84. The maximum absolute atomic E-state index is 12.2. The maximum Gasteiger partial charge on any atom is 0.534 e. The van der Waals surface area contributed by atoms with Crippen LogP contribution in [0.1, 0.15) is 0 Å². The van der Waals surface area contributed by atoms with Gasteiger partial charge in [0.1, 0.15) is 12.5 Å². The van der Waals surface area contributed by atoms with Crippen molar-refractivity contribution in [2.24, 2.45) is 0 Å². The Morgan fingerprint density at radius 2 is 1.78 bits per heavy atom. The zero-order valence-corrected chi connectivity index (χ0v) is 9.29.